The molecule has 2 aromatic rings. The minimum Gasteiger partial charge on any atom is -0.347 e. The van der Waals surface area contributed by atoms with Gasteiger partial charge in [0.2, 0.25) is 5.91 Å². The van der Waals surface area contributed by atoms with E-state index in [0.717, 1.165) is 11.3 Å². The van der Waals surface area contributed by atoms with Crippen molar-refractivity contribution in [1.29, 1.82) is 0 Å². The van der Waals surface area contributed by atoms with Crippen LogP contribution >= 0.6 is 0 Å². The highest BCUT2D eigenvalue weighted by atomic mass is 16.2. The van der Waals surface area contributed by atoms with Crippen LogP contribution in [0.4, 0.5) is 5.69 Å². The van der Waals surface area contributed by atoms with Gasteiger partial charge in [-0.1, -0.05) is 17.7 Å². The molecule has 2 heterocycles. The van der Waals surface area contributed by atoms with Crippen molar-refractivity contribution >= 4 is 17.5 Å². The Morgan fingerprint density at radius 1 is 1.17 bits per heavy atom. The molecule has 5 nitrogen and oxygen atoms in total. The Labute approximate surface area is 136 Å². The first-order valence-corrected chi connectivity index (χ1v) is 7.76. The fourth-order valence-corrected chi connectivity index (χ4v) is 2.93. The maximum absolute atomic E-state index is 12.7. The monoisotopic (exact) mass is 311 g/mol. The summed E-state index contributed by atoms with van der Waals surface area (Å²) < 4.78 is 1.78. The molecule has 1 fully saturated rings. The molecule has 1 aliphatic heterocycles. The second-order valence-electron chi connectivity index (χ2n) is 6.13. The van der Waals surface area contributed by atoms with E-state index in [1.54, 1.807) is 20.4 Å². The first kappa shape index (κ1) is 15.3. The van der Waals surface area contributed by atoms with E-state index in [-0.39, 0.29) is 24.4 Å². The zero-order valence-electron chi connectivity index (χ0n) is 13.7. The predicted octanol–water partition coefficient (Wildman–Crippen LogP) is 2.21. The lowest BCUT2D eigenvalue weighted by Gasteiger charge is -2.39. The number of amides is 2. The standard InChI is InChI=1S/C18H21N3O2/c1-13-6-8-15(9-7-13)21-11-14(2)20(12-17(21)22)18(23)16-5-4-10-19(16)3/h4-10,14H,11-12H2,1-3H3/t14-/m0/s1. The molecule has 120 valence electrons. The normalized spacial score (nSPS) is 18.4. The zero-order chi connectivity index (χ0) is 16.6. The van der Waals surface area contributed by atoms with E-state index in [0.29, 0.717) is 12.2 Å². The number of hydrogen-bond donors (Lipinski definition) is 0. The molecular formula is C18H21N3O2. The lowest BCUT2D eigenvalue weighted by atomic mass is 10.1. The van der Waals surface area contributed by atoms with Crippen LogP contribution in [0.3, 0.4) is 0 Å². The SMILES string of the molecule is Cc1ccc(N2C[C@H](C)N(C(=O)c3cccn3C)CC2=O)cc1. The van der Waals surface area contributed by atoms with Gasteiger partial charge in [-0.15, -0.1) is 0 Å². The Morgan fingerprint density at radius 2 is 1.87 bits per heavy atom. The van der Waals surface area contributed by atoms with Crippen LogP contribution in [-0.2, 0) is 11.8 Å². The molecule has 1 aromatic heterocycles. The van der Waals surface area contributed by atoms with E-state index in [2.05, 4.69) is 0 Å². The number of aromatic nitrogens is 1. The molecule has 0 spiro atoms. The molecule has 0 bridgehead atoms. The van der Waals surface area contributed by atoms with Gasteiger partial charge in [-0.25, -0.2) is 0 Å². The van der Waals surface area contributed by atoms with E-state index >= 15 is 0 Å². The number of nitrogens with zero attached hydrogens (tertiary/aromatic N) is 3. The van der Waals surface area contributed by atoms with E-state index in [9.17, 15) is 9.59 Å². The second-order valence-corrected chi connectivity index (χ2v) is 6.13. The van der Waals surface area contributed by atoms with Crippen LogP contribution in [0.25, 0.3) is 0 Å². The highest BCUT2D eigenvalue weighted by Gasteiger charge is 2.34. The Kier molecular flexibility index (Phi) is 3.94. The van der Waals surface area contributed by atoms with Crippen LogP contribution in [0.15, 0.2) is 42.6 Å². The summed E-state index contributed by atoms with van der Waals surface area (Å²) >= 11 is 0. The third kappa shape index (κ3) is 2.86. The molecule has 0 unspecified atom stereocenters. The number of hydrogen-bond acceptors (Lipinski definition) is 2. The molecule has 0 aliphatic carbocycles. The summed E-state index contributed by atoms with van der Waals surface area (Å²) in [7, 11) is 1.84. The molecule has 3 rings (SSSR count). The van der Waals surface area contributed by atoms with Crippen LogP contribution in [0.1, 0.15) is 23.0 Å². The number of anilines is 1. The van der Waals surface area contributed by atoms with Crippen molar-refractivity contribution in [2.45, 2.75) is 19.9 Å². The molecule has 1 atom stereocenters. The van der Waals surface area contributed by atoms with Crippen LogP contribution in [0.2, 0.25) is 0 Å². The van der Waals surface area contributed by atoms with Gasteiger partial charge in [0.15, 0.2) is 0 Å². The molecular weight excluding hydrogens is 290 g/mol. The fraction of sp³-hybridized carbons (Fsp3) is 0.333. The van der Waals surface area contributed by atoms with E-state index in [1.165, 1.54) is 0 Å². The summed E-state index contributed by atoms with van der Waals surface area (Å²) in [6, 6.07) is 11.5. The number of rotatable bonds is 2. The molecule has 5 heteroatoms. The maximum atomic E-state index is 12.7. The van der Waals surface area contributed by atoms with Gasteiger partial charge in [-0.3, -0.25) is 9.59 Å². The molecule has 1 aliphatic rings. The average Bonchev–Trinajstić information content (AvgIpc) is 2.95. The van der Waals surface area contributed by atoms with E-state index < -0.39 is 0 Å². The van der Waals surface area contributed by atoms with E-state index in [1.807, 2.05) is 57.4 Å². The molecule has 0 N–H and O–H groups in total. The maximum Gasteiger partial charge on any atom is 0.271 e. The quantitative estimate of drug-likeness (QED) is 0.853. The molecule has 1 aromatic carbocycles. The predicted molar refractivity (Wildman–Crippen MR) is 89.4 cm³/mol. The molecule has 23 heavy (non-hydrogen) atoms. The lowest BCUT2D eigenvalue weighted by molar-refractivity contribution is -0.121. The minimum atomic E-state index is -0.0955. The van der Waals surface area contributed by atoms with Gasteiger partial charge in [0, 0.05) is 31.5 Å². The molecule has 2 amide bonds. The van der Waals surface area contributed by atoms with Gasteiger partial charge < -0.3 is 14.4 Å². The summed E-state index contributed by atoms with van der Waals surface area (Å²) in [6.45, 7) is 4.62. The zero-order valence-corrected chi connectivity index (χ0v) is 13.7. The largest absolute Gasteiger partial charge is 0.347 e. The van der Waals surface area contributed by atoms with Crippen molar-refractivity contribution in [3.8, 4) is 0 Å². The topological polar surface area (TPSA) is 45.5 Å². The van der Waals surface area contributed by atoms with Crippen LogP contribution in [-0.4, -0.2) is 40.4 Å². The fourth-order valence-electron chi connectivity index (χ4n) is 2.93. The van der Waals surface area contributed by atoms with Gasteiger partial charge in [0.25, 0.3) is 5.91 Å². The van der Waals surface area contributed by atoms with Gasteiger partial charge in [-0.05, 0) is 38.1 Å². The number of benzene rings is 1. The van der Waals surface area contributed by atoms with Gasteiger partial charge >= 0.3 is 0 Å². The highest BCUT2D eigenvalue weighted by molar-refractivity contribution is 6.01. The number of carbonyl (C=O) groups excluding carboxylic acids is 2. The van der Waals surface area contributed by atoms with Crippen molar-refractivity contribution in [2.75, 3.05) is 18.0 Å². The van der Waals surface area contributed by atoms with Crippen molar-refractivity contribution in [3.05, 3.63) is 53.9 Å². The minimum absolute atomic E-state index is 0.0311. The van der Waals surface area contributed by atoms with Gasteiger partial charge in [-0.2, -0.15) is 0 Å². The first-order valence-electron chi connectivity index (χ1n) is 7.76. The third-order valence-electron chi connectivity index (χ3n) is 4.35. The number of piperazine rings is 1. The third-order valence-corrected chi connectivity index (χ3v) is 4.35. The highest BCUT2D eigenvalue weighted by Crippen LogP contribution is 2.22. The Hall–Kier alpha value is -2.56. The van der Waals surface area contributed by atoms with E-state index in [4.69, 9.17) is 0 Å². The Balaban J connectivity index is 1.79. The number of aryl methyl sites for hydroxylation is 2. The van der Waals surface area contributed by atoms with Crippen molar-refractivity contribution < 1.29 is 9.59 Å². The summed E-state index contributed by atoms with van der Waals surface area (Å²) in [6.07, 6.45) is 1.84. The van der Waals surface area contributed by atoms with Gasteiger partial charge in [0.05, 0.1) is 0 Å². The summed E-state index contributed by atoms with van der Waals surface area (Å²) in [5.41, 5.74) is 2.65. The molecule has 1 saturated heterocycles. The second kappa shape index (κ2) is 5.91. The van der Waals surface area contributed by atoms with Crippen molar-refractivity contribution in [2.24, 2.45) is 7.05 Å². The smallest absolute Gasteiger partial charge is 0.271 e. The average molecular weight is 311 g/mol. The molecule has 0 radical (unpaired) electrons. The van der Waals surface area contributed by atoms with Gasteiger partial charge in [0.1, 0.15) is 12.2 Å². The number of carbonyl (C=O) groups is 2. The Bertz CT molecular complexity index is 733. The van der Waals surface area contributed by atoms with Crippen molar-refractivity contribution in [3.63, 3.8) is 0 Å². The van der Waals surface area contributed by atoms with Crippen LogP contribution in [0.5, 0.6) is 0 Å². The van der Waals surface area contributed by atoms with Crippen molar-refractivity contribution in [1.82, 2.24) is 9.47 Å². The van der Waals surface area contributed by atoms with Crippen LogP contribution in [0, 0.1) is 6.92 Å². The lowest BCUT2D eigenvalue weighted by Crippen LogP contribution is -2.57. The van der Waals surface area contributed by atoms with Crippen LogP contribution < -0.4 is 4.90 Å². The Morgan fingerprint density at radius 3 is 2.48 bits per heavy atom. The summed E-state index contributed by atoms with van der Waals surface area (Å²) in [5, 5.41) is 0. The summed E-state index contributed by atoms with van der Waals surface area (Å²) in [4.78, 5) is 28.6. The summed E-state index contributed by atoms with van der Waals surface area (Å²) in [5.74, 6) is -0.142. The molecule has 0 saturated carbocycles. The first-order chi connectivity index (χ1) is 11.0.